The Morgan fingerprint density at radius 1 is 1.22 bits per heavy atom. The van der Waals surface area contributed by atoms with Crippen molar-refractivity contribution in [1.82, 2.24) is 25.1 Å². The number of halogens is 2. The van der Waals surface area contributed by atoms with E-state index < -0.39 is 0 Å². The summed E-state index contributed by atoms with van der Waals surface area (Å²) in [6.45, 7) is 7.96. The zero-order valence-electron chi connectivity index (χ0n) is 18.9. The van der Waals surface area contributed by atoms with Crippen molar-refractivity contribution in [1.29, 1.82) is 0 Å². The number of piperidine rings is 2. The number of aryl methyl sites for hydroxylation is 1. The van der Waals surface area contributed by atoms with Crippen LogP contribution in [0.4, 0.5) is 0 Å². The lowest BCUT2D eigenvalue weighted by molar-refractivity contribution is -0.121. The molecule has 2 bridgehead atoms. The van der Waals surface area contributed by atoms with E-state index in [-0.39, 0.29) is 30.7 Å². The van der Waals surface area contributed by atoms with Gasteiger partial charge < -0.3 is 15.2 Å². The minimum atomic E-state index is 0. The largest absolute Gasteiger partial charge is 0.354 e. The van der Waals surface area contributed by atoms with Crippen molar-refractivity contribution < 1.29 is 4.79 Å². The standard InChI is InChI=1S/C24H35N5O.2ClH/c1-19-25-10-12-29(19)13-11-26-24(30)9-5-8-23-22-14-21(15-27-23)17-28(18-22)16-20-6-3-2-4-7-20;;/h2-4,6-7,10,12,21-23,27H,5,8-9,11,13-18H2,1H3,(H,26,30);2*1H/t21?,22?,23-;;/m1../s1. The van der Waals surface area contributed by atoms with Crippen LogP contribution in [0.15, 0.2) is 42.7 Å². The Morgan fingerprint density at radius 3 is 2.78 bits per heavy atom. The molecule has 0 aliphatic carbocycles. The number of amides is 1. The van der Waals surface area contributed by atoms with E-state index in [4.69, 9.17) is 0 Å². The van der Waals surface area contributed by atoms with E-state index in [0.717, 1.165) is 44.2 Å². The number of nitrogens with zero attached hydrogens (tertiary/aromatic N) is 3. The summed E-state index contributed by atoms with van der Waals surface area (Å²) in [6.07, 6.45) is 7.74. The van der Waals surface area contributed by atoms with Crippen LogP contribution in [0.1, 0.15) is 37.1 Å². The molecule has 6 nitrogen and oxygen atoms in total. The van der Waals surface area contributed by atoms with Crippen LogP contribution in [0, 0.1) is 18.8 Å². The van der Waals surface area contributed by atoms with Gasteiger partial charge in [-0.15, -0.1) is 24.8 Å². The maximum atomic E-state index is 12.2. The molecule has 2 unspecified atom stereocenters. The van der Waals surface area contributed by atoms with Gasteiger partial charge in [0, 0.05) is 57.6 Å². The summed E-state index contributed by atoms with van der Waals surface area (Å²) in [5.74, 6) is 2.61. The molecule has 4 rings (SSSR count). The molecule has 2 N–H and O–H groups in total. The maximum Gasteiger partial charge on any atom is 0.220 e. The van der Waals surface area contributed by atoms with Gasteiger partial charge >= 0.3 is 0 Å². The number of carbonyl (C=O) groups excluding carboxylic acids is 1. The number of aromatic nitrogens is 2. The number of hydrogen-bond donors (Lipinski definition) is 2. The van der Waals surface area contributed by atoms with Crippen molar-refractivity contribution in [2.75, 3.05) is 26.2 Å². The third-order valence-corrected chi connectivity index (χ3v) is 6.65. The predicted octanol–water partition coefficient (Wildman–Crippen LogP) is 3.43. The highest BCUT2D eigenvalue weighted by atomic mass is 35.5. The van der Waals surface area contributed by atoms with Crippen LogP contribution >= 0.6 is 24.8 Å². The number of imidazole rings is 1. The van der Waals surface area contributed by atoms with Crippen LogP contribution in [-0.4, -0.2) is 52.6 Å². The summed E-state index contributed by atoms with van der Waals surface area (Å²) in [6, 6.07) is 11.3. The van der Waals surface area contributed by atoms with Crippen molar-refractivity contribution >= 4 is 30.7 Å². The Kier molecular flexibility index (Phi) is 11.0. The summed E-state index contributed by atoms with van der Waals surface area (Å²) in [7, 11) is 0. The van der Waals surface area contributed by atoms with Crippen LogP contribution < -0.4 is 10.6 Å². The van der Waals surface area contributed by atoms with Gasteiger partial charge in [0.25, 0.3) is 0 Å². The van der Waals surface area contributed by atoms with E-state index in [1.807, 2.05) is 13.1 Å². The van der Waals surface area contributed by atoms with E-state index in [9.17, 15) is 4.79 Å². The second kappa shape index (κ2) is 13.2. The summed E-state index contributed by atoms with van der Waals surface area (Å²) < 4.78 is 2.06. The zero-order chi connectivity index (χ0) is 20.8. The Bertz CT molecular complexity index is 816. The molecule has 1 amide bonds. The van der Waals surface area contributed by atoms with Gasteiger partial charge in [-0.25, -0.2) is 4.98 Å². The molecule has 0 spiro atoms. The third kappa shape index (κ3) is 7.48. The topological polar surface area (TPSA) is 62.2 Å². The average Bonchev–Trinajstić information content (AvgIpc) is 3.15. The number of carbonyl (C=O) groups is 1. The van der Waals surface area contributed by atoms with Gasteiger partial charge in [-0.1, -0.05) is 30.3 Å². The molecule has 1 aromatic carbocycles. The second-order valence-electron chi connectivity index (χ2n) is 8.97. The van der Waals surface area contributed by atoms with Gasteiger partial charge in [0.2, 0.25) is 5.91 Å². The predicted molar refractivity (Wildman–Crippen MR) is 133 cm³/mol. The van der Waals surface area contributed by atoms with E-state index in [1.165, 1.54) is 25.1 Å². The Hall–Kier alpha value is -1.60. The molecular weight excluding hydrogens is 445 g/mol. The van der Waals surface area contributed by atoms with E-state index >= 15 is 0 Å². The van der Waals surface area contributed by atoms with Crippen molar-refractivity contribution in [3.63, 3.8) is 0 Å². The normalized spacial score (nSPS) is 22.5. The van der Waals surface area contributed by atoms with Gasteiger partial charge in [-0.3, -0.25) is 9.69 Å². The van der Waals surface area contributed by atoms with Crippen LogP contribution in [0.2, 0.25) is 0 Å². The Morgan fingerprint density at radius 2 is 2.03 bits per heavy atom. The molecule has 32 heavy (non-hydrogen) atoms. The molecule has 2 aliphatic heterocycles. The van der Waals surface area contributed by atoms with Crippen LogP contribution in [0.5, 0.6) is 0 Å². The molecule has 8 heteroatoms. The summed E-state index contributed by atoms with van der Waals surface area (Å²) in [5.41, 5.74) is 1.41. The second-order valence-corrected chi connectivity index (χ2v) is 8.97. The number of nitrogens with one attached hydrogen (secondary N) is 2. The molecule has 1 aromatic heterocycles. The van der Waals surface area contributed by atoms with Crippen LogP contribution in [-0.2, 0) is 17.9 Å². The Labute approximate surface area is 204 Å². The number of rotatable bonds is 9. The fraction of sp³-hybridized carbons (Fsp3) is 0.583. The Balaban J connectivity index is 0.00000181. The summed E-state index contributed by atoms with van der Waals surface area (Å²) in [4.78, 5) is 19.0. The lowest BCUT2D eigenvalue weighted by Crippen LogP contribution is -2.55. The quantitative estimate of drug-likeness (QED) is 0.575. The van der Waals surface area contributed by atoms with Gasteiger partial charge in [0.05, 0.1) is 0 Å². The van der Waals surface area contributed by atoms with Gasteiger partial charge in [-0.05, 0) is 50.1 Å². The molecule has 2 fully saturated rings. The van der Waals surface area contributed by atoms with Crippen LogP contribution in [0.3, 0.4) is 0 Å². The first-order valence-electron chi connectivity index (χ1n) is 11.4. The molecule has 3 heterocycles. The molecule has 2 saturated heterocycles. The lowest BCUT2D eigenvalue weighted by atomic mass is 9.79. The molecular formula is C24H37Cl2N5O. The van der Waals surface area contributed by atoms with Crippen molar-refractivity contribution in [2.45, 2.75) is 51.7 Å². The minimum absolute atomic E-state index is 0. The smallest absolute Gasteiger partial charge is 0.220 e. The van der Waals surface area contributed by atoms with E-state index in [1.54, 1.807) is 6.20 Å². The fourth-order valence-corrected chi connectivity index (χ4v) is 5.11. The SMILES string of the molecule is Cc1nccn1CCNC(=O)CCC[C@H]1NCC2CC1CN(Cc1ccccc1)C2.Cl.Cl. The molecule has 2 aromatic rings. The first kappa shape index (κ1) is 26.7. The third-order valence-electron chi connectivity index (χ3n) is 6.65. The molecule has 3 atom stereocenters. The maximum absolute atomic E-state index is 12.2. The average molecular weight is 483 g/mol. The van der Waals surface area contributed by atoms with Crippen molar-refractivity contribution in [2.24, 2.45) is 11.8 Å². The lowest BCUT2D eigenvalue weighted by Gasteiger charge is -2.46. The zero-order valence-corrected chi connectivity index (χ0v) is 20.5. The number of benzene rings is 1. The monoisotopic (exact) mass is 481 g/mol. The van der Waals surface area contributed by atoms with Gasteiger partial charge in [0.1, 0.15) is 5.82 Å². The molecule has 0 radical (unpaired) electrons. The first-order chi connectivity index (χ1) is 14.7. The van der Waals surface area contributed by atoms with E-state index in [0.29, 0.717) is 24.9 Å². The molecule has 178 valence electrons. The molecule has 2 aliphatic rings. The van der Waals surface area contributed by atoms with Crippen molar-refractivity contribution in [3.8, 4) is 0 Å². The highest BCUT2D eigenvalue weighted by molar-refractivity contribution is 5.85. The first-order valence-corrected chi connectivity index (χ1v) is 11.4. The summed E-state index contributed by atoms with van der Waals surface area (Å²) in [5, 5.41) is 6.83. The highest BCUT2D eigenvalue weighted by Crippen LogP contribution is 2.31. The van der Waals surface area contributed by atoms with Crippen LogP contribution in [0.25, 0.3) is 0 Å². The number of hydrogen-bond acceptors (Lipinski definition) is 4. The fourth-order valence-electron chi connectivity index (χ4n) is 5.11. The minimum Gasteiger partial charge on any atom is -0.354 e. The summed E-state index contributed by atoms with van der Waals surface area (Å²) >= 11 is 0. The van der Waals surface area contributed by atoms with Gasteiger partial charge in [-0.2, -0.15) is 0 Å². The number of fused-ring (bicyclic) bond motifs is 2. The highest BCUT2D eigenvalue weighted by Gasteiger charge is 2.35. The van der Waals surface area contributed by atoms with Crippen molar-refractivity contribution in [3.05, 3.63) is 54.1 Å². The number of likely N-dealkylation sites (tertiary alicyclic amines) is 1. The van der Waals surface area contributed by atoms with E-state index in [2.05, 4.69) is 55.4 Å². The molecule has 0 saturated carbocycles. The van der Waals surface area contributed by atoms with Gasteiger partial charge in [0.15, 0.2) is 0 Å².